The van der Waals surface area contributed by atoms with Crippen LogP contribution in [0.4, 0.5) is 0 Å². The van der Waals surface area contributed by atoms with Crippen LogP contribution in [0.1, 0.15) is 107 Å². The third-order valence-corrected chi connectivity index (χ3v) is 9.62. The van der Waals surface area contributed by atoms with Gasteiger partial charge in [0, 0.05) is 16.5 Å². The molecule has 3 saturated carbocycles. The summed E-state index contributed by atoms with van der Waals surface area (Å²) in [5.74, 6) is 3.62. The van der Waals surface area contributed by atoms with Crippen LogP contribution in [-0.2, 0) is 16.2 Å². The summed E-state index contributed by atoms with van der Waals surface area (Å²) in [5.41, 5.74) is 5.95. The van der Waals surface area contributed by atoms with Crippen LogP contribution in [0.5, 0.6) is 11.5 Å². The van der Waals surface area contributed by atoms with Crippen LogP contribution in [0.3, 0.4) is 0 Å². The van der Waals surface area contributed by atoms with Gasteiger partial charge in [-0.15, -0.1) is 0 Å². The number of rotatable bonds is 2. The van der Waals surface area contributed by atoms with Crippen LogP contribution in [-0.4, -0.2) is 10.2 Å². The van der Waals surface area contributed by atoms with E-state index in [2.05, 4.69) is 79.7 Å². The fraction of sp³-hybridized carbons (Fsp3) is 0.625. The minimum atomic E-state index is -0.337. The van der Waals surface area contributed by atoms with Crippen LogP contribution in [0, 0.1) is 37.5 Å². The molecule has 2 nitrogen and oxygen atoms in total. The van der Waals surface area contributed by atoms with Gasteiger partial charge in [-0.05, 0) is 91.6 Å². The van der Waals surface area contributed by atoms with E-state index in [1.807, 2.05) is 0 Å². The summed E-state index contributed by atoms with van der Waals surface area (Å²) in [5, 5.41) is 23.9. The first-order valence-corrected chi connectivity index (χ1v) is 13.4. The SMILES string of the molecule is Cc1cc(C(C)(C)C)c(O)c(C2(c3cc(C)cc(C(C)(C)C)c3O)CCC3C4CCC(C4)C32)c1. The molecule has 0 saturated heterocycles. The van der Waals surface area contributed by atoms with Gasteiger partial charge in [0.2, 0.25) is 0 Å². The zero-order chi connectivity index (χ0) is 24.8. The van der Waals surface area contributed by atoms with Crippen molar-refractivity contribution in [3.8, 4) is 11.5 Å². The summed E-state index contributed by atoms with van der Waals surface area (Å²) in [7, 11) is 0. The second kappa shape index (κ2) is 7.52. The Labute approximate surface area is 206 Å². The number of benzene rings is 2. The van der Waals surface area contributed by atoms with Crippen molar-refractivity contribution in [2.24, 2.45) is 23.7 Å². The molecule has 4 unspecified atom stereocenters. The fourth-order valence-corrected chi connectivity index (χ4v) is 8.31. The van der Waals surface area contributed by atoms with Crippen molar-refractivity contribution in [2.45, 2.75) is 104 Å². The second-order valence-corrected chi connectivity index (χ2v) is 14.0. The molecule has 0 amide bonds. The lowest BCUT2D eigenvalue weighted by molar-refractivity contribution is 0.199. The molecule has 0 aliphatic heterocycles. The third kappa shape index (κ3) is 3.34. The maximum Gasteiger partial charge on any atom is 0.123 e. The highest BCUT2D eigenvalue weighted by molar-refractivity contribution is 5.61. The molecular formula is C32H44O2. The average Bonchev–Trinajstić information content (AvgIpc) is 3.42. The molecule has 2 aromatic rings. The van der Waals surface area contributed by atoms with E-state index in [9.17, 15) is 10.2 Å². The average molecular weight is 461 g/mol. The van der Waals surface area contributed by atoms with Gasteiger partial charge in [0.1, 0.15) is 11.5 Å². The van der Waals surface area contributed by atoms with Crippen LogP contribution in [0.2, 0.25) is 0 Å². The number of phenols is 2. The van der Waals surface area contributed by atoms with E-state index in [1.54, 1.807) is 0 Å². The molecule has 5 rings (SSSR count). The van der Waals surface area contributed by atoms with Crippen molar-refractivity contribution in [1.82, 2.24) is 0 Å². The van der Waals surface area contributed by atoms with Crippen molar-refractivity contribution in [1.29, 1.82) is 0 Å². The Morgan fingerprint density at radius 3 is 1.65 bits per heavy atom. The predicted molar refractivity (Wildman–Crippen MR) is 141 cm³/mol. The largest absolute Gasteiger partial charge is 0.507 e. The Balaban J connectivity index is 1.85. The topological polar surface area (TPSA) is 40.5 Å². The molecular weight excluding hydrogens is 416 g/mol. The van der Waals surface area contributed by atoms with Crippen molar-refractivity contribution in [3.05, 3.63) is 57.6 Å². The molecule has 0 radical (unpaired) electrons. The van der Waals surface area contributed by atoms with Crippen LogP contribution < -0.4 is 0 Å². The molecule has 2 aromatic carbocycles. The lowest BCUT2D eigenvalue weighted by atomic mass is 9.60. The van der Waals surface area contributed by atoms with E-state index in [1.165, 1.54) is 36.8 Å². The molecule has 34 heavy (non-hydrogen) atoms. The maximum atomic E-state index is 11.9. The van der Waals surface area contributed by atoms with Crippen LogP contribution in [0.15, 0.2) is 24.3 Å². The highest BCUT2D eigenvalue weighted by Gasteiger charge is 2.62. The minimum Gasteiger partial charge on any atom is -0.507 e. The first kappa shape index (κ1) is 23.8. The number of hydrogen-bond acceptors (Lipinski definition) is 2. The highest BCUT2D eigenvalue weighted by atomic mass is 16.3. The molecule has 0 heterocycles. The summed E-state index contributed by atoms with van der Waals surface area (Å²) in [6.45, 7) is 17.5. The number of aryl methyl sites for hydroxylation is 2. The van der Waals surface area contributed by atoms with Gasteiger partial charge in [-0.1, -0.05) is 76.9 Å². The van der Waals surface area contributed by atoms with Gasteiger partial charge in [0.05, 0.1) is 0 Å². The lowest BCUT2D eigenvalue weighted by Gasteiger charge is -2.43. The zero-order valence-electron chi connectivity index (χ0n) is 22.5. The Morgan fingerprint density at radius 1 is 0.706 bits per heavy atom. The number of aromatic hydroxyl groups is 2. The van der Waals surface area contributed by atoms with E-state index in [0.29, 0.717) is 29.3 Å². The highest BCUT2D eigenvalue weighted by Crippen LogP contribution is 2.69. The van der Waals surface area contributed by atoms with Crippen LogP contribution >= 0.6 is 0 Å². The van der Waals surface area contributed by atoms with Crippen molar-refractivity contribution in [3.63, 3.8) is 0 Å². The zero-order valence-corrected chi connectivity index (χ0v) is 22.5. The monoisotopic (exact) mass is 460 g/mol. The minimum absolute atomic E-state index is 0.149. The van der Waals surface area contributed by atoms with Gasteiger partial charge in [0.15, 0.2) is 0 Å². The molecule has 4 atom stereocenters. The molecule has 184 valence electrons. The molecule has 0 spiro atoms. The Morgan fingerprint density at radius 2 is 1.18 bits per heavy atom. The third-order valence-electron chi connectivity index (χ3n) is 9.62. The van der Waals surface area contributed by atoms with Crippen molar-refractivity contribution < 1.29 is 10.2 Å². The number of phenolic OH excluding ortho intramolecular Hbond substituents is 2. The van der Waals surface area contributed by atoms with Gasteiger partial charge in [-0.3, -0.25) is 0 Å². The van der Waals surface area contributed by atoms with Crippen molar-refractivity contribution >= 4 is 0 Å². The Kier molecular flexibility index (Phi) is 5.26. The van der Waals surface area contributed by atoms with E-state index < -0.39 is 0 Å². The van der Waals surface area contributed by atoms with E-state index >= 15 is 0 Å². The number of hydrogen-bond donors (Lipinski definition) is 2. The summed E-state index contributed by atoms with van der Waals surface area (Å²) >= 11 is 0. The predicted octanol–water partition coefficient (Wildman–Crippen LogP) is 8.05. The maximum absolute atomic E-state index is 11.9. The number of fused-ring (bicyclic) bond motifs is 5. The summed E-state index contributed by atoms with van der Waals surface area (Å²) in [6.07, 6.45) is 6.19. The molecule has 3 aliphatic rings. The van der Waals surface area contributed by atoms with E-state index in [-0.39, 0.29) is 16.2 Å². The quantitative estimate of drug-likeness (QED) is 0.476. The van der Waals surface area contributed by atoms with E-state index in [0.717, 1.165) is 34.6 Å². The fourth-order valence-electron chi connectivity index (χ4n) is 8.31. The van der Waals surface area contributed by atoms with Crippen LogP contribution in [0.25, 0.3) is 0 Å². The molecule has 2 heteroatoms. The summed E-state index contributed by atoms with van der Waals surface area (Å²) in [6, 6.07) is 8.82. The first-order valence-electron chi connectivity index (χ1n) is 13.4. The normalized spacial score (nSPS) is 27.9. The first-order chi connectivity index (χ1) is 15.7. The van der Waals surface area contributed by atoms with Gasteiger partial charge in [-0.25, -0.2) is 0 Å². The lowest BCUT2D eigenvalue weighted by Crippen LogP contribution is -2.38. The van der Waals surface area contributed by atoms with Gasteiger partial charge in [-0.2, -0.15) is 0 Å². The van der Waals surface area contributed by atoms with Gasteiger partial charge >= 0.3 is 0 Å². The van der Waals surface area contributed by atoms with Gasteiger partial charge < -0.3 is 10.2 Å². The smallest absolute Gasteiger partial charge is 0.123 e. The molecule has 2 bridgehead atoms. The molecule has 3 aliphatic carbocycles. The summed E-state index contributed by atoms with van der Waals surface area (Å²) < 4.78 is 0. The van der Waals surface area contributed by atoms with Gasteiger partial charge in [0.25, 0.3) is 0 Å². The molecule has 3 fully saturated rings. The molecule has 0 aromatic heterocycles. The molecule has 2 N–H and O–H groups in total. The van der Waals surface area contributed by atoms with E-state index in [4.69, 9.17) is 0 Å². The Hall–Kier alpha value is -1.96. The van der Waals surface area contributed by atoms with Crippen molar-refractivity contribution in [2.75, 3.05) is 0 Å². The standard InChI is InChI=1S/C32H44O2/c1-18-13-23(30(3,4)5)28(33)25(15-18)32(12-11-22-20-9-10-21(17-20)27(22)32)26-16-19(2)14-24(29(26)34)31(6,7)8/h13-16,20-22,27,33-34H,9-12,17H2,1-8H3. The second-order valence-electron chi connectivity index (χ2n) is 14.0. The Bertz CT molecular complexity index is 1060. The summed E-state index contributed by atoms with van der Waals surface area (Å²) in [4.78, 5) is 0.